The first-order valence-corrected chi connectivity index (χ1v) is 8.50. The molecule has 0 amide bonds. The first-order valence-electron chi connectivity index (χ1n) is 8.50. The van der Waals surface area contributed by atoms with Crippen LogP contribution in [0.2, 0.25) is 0 Å². The third-order valence-electron chi connectivity index (χ3n) is 4.75. The summed E-state index contributed by atoms with van der Waals surface area (Å²) in [5.74, 6) is 1.16. The zero-order valence-corrected chi connectivity index (χ0v) is 13.7. The maximum Gasteiger partial charge on any atom is 0.128 e. The SMILES string of the molecule is CC(C)(C)c1ccc(N2CCCCC2CNC2CC2)nc1. The van der Waals surface area contributed by atoms with Gasteiger partial charge in [-0.2, -0.15) is 0 Å². The van der Waals surface area contributed by atoms with Gasteiger partial charge in [0, 0.05) is 31.4 Å². The van der Waals surface area contributed by atoms with E-state index < -0.39 is 0 Å². The number of hydrogen-bond acceptors (Lipinski definition) is 3. The Morgan fingerprint density at radius 1 is 1.19 bits per heavy atom. The van der Waals surface area contributed by atoms with Crippen molar-refractivity contribution in [1.82, 2.24) is 10.3 Å². The highest BCUT2D eigenvalue weighted by Gasteiger charge is 2.27. The summed E-state index contributed by atoms with van der Waals surface area (Å²) in [6.07, 6.45) is 8.74. The Kier molecular flexibility index (Phi) is 4.21. The predicted molar refractivity (Wildman–Crippen MR) is 88.9 cm³/mol. The molecule has 3 nitrogen and oxygen atoms in total. The molecule has 116 valence electrons. The Balaban J connectivity index is 1.69. The van der Waals surface area contributed by atoms with Crippen LogP contribution in [-0.4, -0.2) is 30.2 Å². The number of nitrogens with zero attached hydrogens (tertiary/aromatic N) is 2. The van der Waals surface area contributed by atoms with Gasteiger partial charge in [0.15, 0.2) is 0 Å². The Morgan fingerprint density at radius 2 is 2.00 bits per heavy atom. The van der Waals surface area contributed by atoms with Crippen molar-refractivity contribution in [3.8, 4) is 0 Å². The normalized spacial score (nSPS) is 23.4. The number of rotatable bonds is 4. The number of piperidine rings is 1. The molecular weight excluding hydrogens is 258 g/mol. The maximum absolute atomic E-state index is 4.76. The van der Waals surface area contributed by atoms with Crippen molar-refractivity contribution in [3.05, 3.63) is 23.9 Å². The van der Waals surface area contributed by atoms with E-state index in [0.29, 0.717) is 6.04 Å². The fourth-order valence-electron chi connectivity index (χ4n) is 3.10. The molecule has 0 spiro atoms. The smallest absolute Gasteiger partial charge is 0.128 e. The second-order valence-electron chi connectivity index (χ2n) is 7.68. The molecule has 0 bridgehead atoms. The van der Waals surface area contributed by atoms with Gasteiger partial charge in [-0.15, -0.1) is 0 Å². The fraction of sp³-hybridized carbons (Fsp3) is 0.722. The molecule has 1 aliphatic heterocycles. The van der Waals surface area contributed by atoms with E-state index in [2.05, 4.69) is 49.3 Å². The molecule has 21 heavy (non-hydrogen) atoms. The van der Waals surface area contributed by atoms with E-state index in [1.807, 2.05) is 0 Å². The van der Waals surface area contributed by atoms with Gasteiger partial charge in [-0.3, -0.25) is 0 Å². The summed E-state index contributed by atoms with van der Waals surface area (Å²) in [6.45, 7) is 9.00. The summed E-state index contributed by atoms with van der Waals surface area (Å²) in [4.78, 5) is 7.28. The monoisotopic (exact) mass is 287 g/mol. The van der Waals surface area contributed by atoms with Crippen LogP contribution in [0.5, 0.6) is 0 Å². The fourth-order valence-corrected chi connectivity index (χ4v) is 3.10. The van der Waals surface area contributed by atoms with Crippen LogP contribution in [0.15, 0.2) is 18.3 Å². The Hall–Kier alpha value is -1.09. The van der Waals surface area contributed by atoms with Crippen LogP contribution in [-0.2, 0) is 5.41 Å². The van der Waals surface area contributed by atoms with E-state index in [4.69, 9.17) is 4.98 Å². The van der Waals surface area contributed by atoms with E-state index in [0.717, 1.165) is 24.9 Å². The van der Waals surface area contributed by atoms with E-state index in [9.17, 15) is 0 Å². The minimum absolute atomic E-state index is 0.181. The predicted octanol–water partition coefficient (Wildman–Crippen LogP) is 3.49. The summed E-state index contributed by atoms with van der Waals surface area (Å²) >= 11 is 0. The quantitative estimate of drug-likeness (QED) is 0.919. The van der Waals surface area contributed by atoms with Crippen LogP contribution >= 0.6 is 0 Å². The highest BCUT2D eigenvalue weighted by molar-refractivity contribution is 5.42. The molecule has 0 radical (unpaired) electrons. The summed E-state index contributed by atoms with van der Waals surface area (Å²) < 4.78 is 0. The minimum atomic E-state index is 0.181. The molecule has 1 saturated carbocycles. The van der Waals surface area contributed by atoms with Crippen LogP contribution in [0.4, 0.5) is 5.82 Å². The van der Waals surface area contributed by atoms with Gasteiger partial charge in [-0.05, 0) is 49.1 Å². The molecule has 3 heteroatoms. The second-order valence-corrected chi connectivity index (χ2v) is 7.68. The van der Waals surface area contributed by atoms with E-state index in [-0.39, 0.29) is 5.41 Å². The standard InChI is InChI=1S/C18H29N3/c1-18(2,3)14-7-10-17(20-12-14)21-11-5-4-6-16(21)13-19-15-8-9-15/h7,10,12,15-16,19H,4-6,8-9,11,13H2,1-3H3. The Bertz CT molecular complexity index is 456. The number of anilines is 1. The lowest BCUT2D eigenvalue weighted by Crippen LogP contribution is -2.46. The lowest BCUT2D eigenvalue weighted by molar-refractivity contribution is 0.431. The molecule has 3 rings (SSSR count). The number of pyridine rings is 1. The molecule has 1 atom stereocenters. The number of aromatic nitrogens is 1. The molecular formula is C18H29N3. The third-order valence-corrected chi connectivity index (χ3v) is 4.75. The second kappa shape index (κ2) is 5.96. The van der Waals surface area contributed by atoms with Crippen molar-refractivity contribution in [1.29, 1.82) is 0 Å². The van der Waals surface area contributed by atoms with Crippen molar-refractivity contribution in [2.24, 2.45) is 0 Å². The van der Waals surface area contributed by atoms with Gasteiger partial charge >= 0.3 is 0 Å². The largest absolute Gasteiger partial charge is 0.352 e. The van der Waals surface area contributed by atoms with Crippen molar-refractivity contribution >= 4 is 5.82 Å². The zero-order chi connectivity index (χ0) is 14.9. The van der Waals surface area contributed by atoms with Crippen molar-refractivity contribution in [2.75, 3.05) is 18.0 Å². The van der Waals surface area contributed by atoms with Gasteiger partial charge in [0.1, 0.15) is 5.82 Å². The lowest BCUT2D eigenvalue weighted by atomic mass is 9.88. The first kappa shape index (κ1) is 14.8. The molecule has 2 fully saturated rings. The minimum Gasteiger partial charge on any atom is -0.352 e. The Labute approximate surface area is 129 Å². The van der Waals surface area contributed by atoms with Gasteiger partial charge in [-0.25, -0.2) is 4.98 Å². The molecule has 1 aromatic heterocycles. The molecule has 0 aromatic carbocycles. The van der Waals surface area contributed by atoms with Crippen LogP contribution < -0.4 is 10.2 Å². The molecule has 1 unspecified atom stereocenters. The topological polar surface area (TPSA) is 28.2 Å². The van der Waals surface area contributed by atoms with Crippen LogP contribution in [0, 0.1) is 0 Å². The molecule has 2 aliphatic rings. The van der Waals surface area contributed by atoms with Crippen molar-refractivity contribution < 1.29 is 0 Å². The summed E-state index contributed by atoms with van der Waals surface area (Å²) in [5.41, 5.74) is 1.50. The highest BCUT2D eigenvalue weighted by atomic mass is 15.2. The highest BCUT2D eigenvalue weighted by Crippen LogP contribution is 2.27. The third kappa shape index (κ3) is 3.76. The average Bonchev–Trinajstić information content (AvgIpc) is 3.29. The van der Waals surface area contributed by atoms with Crippen LogP contribution in [0.3, 0.4) is 0 Å². The van der Waals surface area contributed by atoms with Gasteiger partial charge < -0.3 is 10.2 Å². The summed E-state index contributed by atoms with van der Waals surface area (Å²) in [5, 5.41) is 3.69. The van der Waals surface area contributed by atoms with Gasteiger partial charge in [0.05, 0.1) is 0 Å². The van der Waals surface area contributed by atoms with E-state index in [1.54, 1.807) is 0 Å². The average molecular weight is 287 g/mol. The van der Waals surface area contributed by atoms with Crippen LogP contribution in [0.1, 0.15) is 58.4 Å². The van der Waals surface area contributed by atoms with E-state index in [1.165, 1.54) is 37.7 Å². The molecule has 1 N–H and O–H groups in total. The van der Waals surface area contributed by atoms with Gasteiger partial charge in [-0.1, -0.05) is 26.8 Å². The van der Waals surface area contributed by atoms with E-state index >= 15 is 0 Å². The lowest BCUT2D eigenvalue weighted by Gasteiger charge is -2.37. The summed E-state index contributed by atoms with van der Waals surface area (Å²) in [7, 11) is 0. The zero-order valence-electron chi connectivity index (χ0n) is 13.7. The first-order chi connectivity index (χ1) is 10.0. The Morgan fingerprint density at radius 3 is 2.62 bits per heavy atom. The van der Waals surface area contributed by atoms with Crippen molar-refractivity contribution in [2.45, 2.75) is 70.4 Å². The molecule has 1 aliphatic carbocycles. The molecule has 1 saturated heterocycles. The molecule has 1 aromatic rings. The number of nitrogens with one attached hydrogen (secondary N) is 1. The van der Waals surface area contributed by atoms with Gasteiger partial charge in [0.25, 0.3) is 0 Å². The summed E-state index contributed by atoms with van der Waals surface area (Å²) in [6, 6.07) is 5.88. The molecule has 2 heterocycles. The van der Waals surface area contributed by atoms with Crippen LogP contribution in [0.25, 0.3) is 0 Å². The van der Waals surface area contributed by atoms with Crippen molar-refractivity contribution in [3.63, 3.8) is 0 Å². The van der Waals surface area contributed by atoms with Gasteiger partial charge in [0.2, 0.25) is 0 Å². The number of hydrogen-bond donors (Lipinski definition) is 1. The maximum atomic E-state index is 4.76.